The average Bonchev–Trinajstić information content (AvgIpc) is 3.08. The van der Waals surface area contributed by atoms with Crippen LogP contribution in [-0.2, 0) is 6.54 Å². The predicted molar refractivity (Wildman–Crippen MR) is 77.7 cm³/mol. The van der Waals surface area contributed by atoms with Crippen LogP contribution in [0.15, 0.2) is 48.1 Å². The normalized spacial score (nSPS) is 10.7. The van der Waals surface area contributed by atoms with E-state index in [0.29, 0.717) is 12.1 Å². The van der Waals surface area contributed by atoms with Crippen LogP contribution in [0.5, 0.6) is 0 Å². The van der Waals surface area contributed by atoms with E-state index >= 15 is 0 Å². The lowest BCUT2D eigenvalue weighted by Gasteiger charge is -2.07. The number of imidazole rings is 1. The second-order valence-corrected chi connectivity index (χ2v) is 5.35. The van der Waals surface area contributed by atoms with Crippen LogP contribution in [0.3, 0.4) is 0 Å². The molecule has 0 unspecified atom stereocenters. The van der Waals surface area contributed by atoms with E-state index in [-0.39, 0.29) is 0 Å². The summed E-state index contributed by atoms with van der Waals surface area (Å²) >= 11 is 1.57. The first-order valence-electron chi connectivity index (χ1n) is 6.13. The quantitative estimate of drug-likeness (QED) is 0.545. The zero-order chi connectivity index (χ0) is 14.8. The van der Waals surface area contributed by atoms with Crippen molar-refractivity contribution in [3.63, 3.8) is 0 Å². The van der Waals surface area contributed by atoms with E-state index < -0.39 is 16.4 Å². The van der Waals surface area contributed by atoms with Crippen LogP contribution in [0.2, 0.25) is 0 Å². The van der Waals surface area contributed by atoms with Gasteiger partial charge >= 0.3 is 5.69 Å². The maximum Gasteiger partial charge on any atom is 0.304 e. The van der Waals surface area contributed by atoms with Gasteiger partial charge in [0.15, 0.2) is 0 Å². The Bertz CT molecular complexity index is 783. The molecular formula is C14H10FN3O2S. The summed E-state index contributed by atoms with van der Waals surface area (Å²) in [5.74, 6) is -0.0287. The van der Waals surface area contributed by atoms with Gasteiger partial charge in [0.25, 0.3) is 0 Å². The minimum absolute atomic E-state index is 0.405. The fourth-order valence-corrected chi connectivity index (χ4v) is 2.80. The van der Waals surface area contributed by atoms with Crippen molar-refractivity contribution in [1.82, 2.24) is 9.55 Å². The van der Waals surface area contributed by atoms with Crippen LogP contribution in [0.1, 0.15) is 5.56 Å². The van der Waals surface area contributed by atoms with Crippen molar-refractivity contribution in [2.24, 2.45) is 0 Å². The number of nitro groups is 1. The lowest BCUT2D eigenvalue weighted by molar-refractivity contribution is -0.387. The van der Waals surface area contributed by atoms with Crippen molar-refractivity contribution in [3.8, 4) is 10.7 Å². The van der Waals surface area contributed by atoms with Gasteiger partial charge in [-0.1, -0.05) is 12.1 Å². The average molecular weight is 303 g/mol. The minimum atomic E-state index is -0.824. The second kappa shape index (κ2) is 5.45. The summed E-state index contributed by atoms with van der Waals surface area (Å²) in [6.07, 6.45) is 3.48. The van der Waals surface area contributed by atoms with Gasteiger partial charge in [-0.05, 0) is 23.1 Å². The molecule has 1 aromatic carbocycles. The molecule has 3 rings (SSSR count). The van der Waals surface area contributed by atoms with Crippen molar-refractivity contribution >= 4 is 17.0 Å². The number of aromatic nitrogens is 2. The summed E-state index contributed by atoms with van der Waals surface area (Å²) in [5.41, 5.74) is 0.136. The third-order valence-corrected chi connectivity index (χ3v) is 3.88. The molecule has 0 bridgehead atoms. The van der Waals surface area contributed by atoms with Crippen LogP contribution in [0.25, 0.3) is 10.7 Å². The van der Waals surface area contributed by atoms with Crippen LogP contribution >= 0.6 is 11.3 Å². The number of hydrogen-bond acceptors (Lipinski definition) is 4. The summed E-state index contributed by atoms with van der Waals surface area (Å²) in [4.78, 5) is 15.2. The van der Waals surface area contributed by atoms with E-state index in [1.165, 1.54) is 12.1 Å². The van der Waals surface area contributed by atoms with Gasteiger partial charge < -0.3 is 4.57 Å². The van der Waals surface area contributed by atoms with E-state index in [9.17, 15) is 14.5 Å². The summed E-state index contributed by atoms with van der Waals surface area (Å²) in [5, 5.41) is 12.6. The third-order valence-electron chi connectivity index (χ3n) is 3.02. The van der Waals surface area contributed by atoms with E-state index in [4.69, 9.17) is 0 Å². The van der Waals surface area contributed by atoms with Gasteiger partial charge in [-0.3, -0.25) is 10.1 Å². The Morgan fingerprint density at radius 1 is 1.38 bits per heavy atom. The highest BCUT2D eigenvalue weighted by Gasteiger charge is 2.14. The van der Waals surface area contributed by atoms with Gasteiger partial charge in [0, 0.05) is 25.0 Å². The molecule has 2 heterocycles. The molecule has 0 atom stereocenters. The number of halogens is 1. The summed E-state index contributed by atoms with van der Waals surface area (Å²) in [6, 6.07) is 7.83. The molecule has 0 saturated heterocycles. The molecule has 3 aromatic rings. The molecule has 0 N–H and O–H groups in total. The van der Waals surface area contributed by atoms with Crippen LogP contribution < -0.4 is 0 Å². The monoisotopic (exact) mass is 303 g/mol. The molecule has 5 nitrogen and oxygen atoms in total. The Morgan fingerprint density at radius 2 is 2.24 bits per heavy atom. The number of thiophene rings is 1. The maximum atomic E-state index is 13.6. The van der Waals surface area contributed by atoms with Crippen molar-refractivity contribution in [2.75, 3.05) is 0 Å². The number of nitrogens with zero attached hydrogens (tertiary/aromatic N) is 3. The fourth-order valence-electron chi connectivity index (χ4n) is 2.06. The number of nitro benzene ring substituents is 1. The fraction of sp³-hybridized carbons (Fsp3) is 0.0714. The maximum absolute atomic E-state index is 13.6. The van der Waals surface area contributed by atoms with E-state index in [1.807, 2.05) is 22.1 Å². The van der Waals surface area contributed by atoms with Gasteiger partial charge in [0.05, 0.1) is 9.80 Å². The molecule has 0 amide bonds. The third kappa shape index (κ3) is 2.68. The smallest absolute Gasteiger partial charge is 0.304 e. The second-order valence-electron chi connectivity index (χ2n) is 4.40. The molecular weight excluding hydrogens is 293 g/mol. The molecule has 106 valence electrons. The number of benzene rings is 1. The Kier molecular flexibility index (Phi) is 3.49. The number of hydrogen-bond donors (Lipinski definition) is 0. The lowest BCUT2D eigenvalue weighted by atomic mass is 10.2. The first-order valence-corrected chi connectivity index (χ1v) is 7.01. The zero-order valence-corrected chi connectivity index (χ0v) is 11.6. The molecule has 0 aliphatic heterocycles. The highest BCUT2D eigenvalue weighted by atomic mass is 32.1. The van der Waals surface area contributed by atoms with E-state index in [2.05, 4.69) is 4.98 Å². The van der Waals surface area contributed by atoms with Crippen LogP contribution in [0, 0.1) is 15.9 Å². The SMILES string of the molecule is O=[N+]([O-])c1ccc(Cn2ccnc2-c2cccs2)cc1F. The Morgan fingerprint density at radius 3 is 2.90 bits per heavy atom. The van der Waals surface area contributed by atoms with Gasteiger partial charge in [0.2, 0.25) is 5.82 Å². The van der Waals surface area contributed by atoms with Gasteiger partial charge in [-0.2, -0.15) is 4.39 Å². The molecule has 7 heteroatoms. The number of rotatable bonds is 4. The molecule has 0 spiro atoms. The molecule has 0 aliphatic carbocycles. The molecule has 0 radical (unpaired) electrons. The Hall–Kier alpha value is -2.54. The molecule has 0 fully saturated rings. The van der Waals surface area contributed by atoms with Crippen molar-refractivity contribution < 1.29 is 9.31 Å². The Labute approximate surface area is 123 Å². The highest BCUT2D eigenvalue weighted by Crippen LogP contribution is 2.24. The summed E-state index contributed by atoms with van der Waals surface area (Å²) in [6.45, 7) is 0.405. The summed E-state index contributed by atoms with van der Waals surface area (Å²) < 4.78 is 15.5. The molecule has 21 heavy (non-hydrogen) atoms. The van der Waals surface area contributed by atoms with E-state index in [1.54, 1.807) is 29.8 Å². The largest absolute Gasteiger partial charge is 0.326 e. The first kappa shape index (κ1) is 13.4. The molecule has 2 aromatic heterocycles. The van der Waals surface area contributed by atoms with Gasteiger partial charge in [0.1, 0.15) is 5.82 Å². The van der Waals surface area contributed by atoms with Crippen molar-refractivity contribution in [1.29, 1.82) is 0 Å². The van der Waals surface area contributed by atoms with E-state index in [0.717, 1.165) is 10.7 Å². The zero-order valence-electron chi connectivity index (χ0n) is 10.8. The standard InChI is InChI=1S/C14H10FN3O2S/c15-11-8-10(3-4-12(11)18(19)20)9-17-6-5-16-14(17)13-2-1-7-21-13/h1-8H,9H2. The van der Waals surface area contributed by atoms with Gasteiger partial charge in [-0.15, -0.1) is 11.3 Å². The van der Waals surface area contributed by atoms with Gasteiger partial charge in [-0.25, -0.2) is 4.98 Å². The predicted octanol–water partition coefficient (Wildman–Crippen LogP) is 3.71. The Balaban J connectivity index is 1.90. The van der Waals surface area contributed by atoms with Crippen molar-refractivity contribution in [2.45, 2.75) is 6.54 Å². The molecule has 0 aliphatic rings. The molecule has 0 saturated carbocycles. The lowest BCUT2D eigenvalue weighted by Crippen LogP contribution is -2.02. The van der Waals surface area contributed by atoms with Crippen molar-refractivity contribution in [3.05, 3.63) is 69.6 Å². The summed E-state index contributed by atoms with van der Waals surface area (Å²) in [7, 11) is 0. The van der Waals surface area contributed by atoms with Crippen LogP contribution in [-0.4, -0.2) is 14.5 Å². The van der Waals surface area contributed by atoms with Crippen LogP contribution in [0.4, 0.5) is 10.1 Å². The first-order chi connectivity index (χ1) is 10.1. The topological polar surface area (TPSA) is 61.0 Å². The minimum Gasteiger partial charge on any atom is -0.326 e. The highest BCUT2D eigenvalue weighted by molar-refractivity contribution is 7.13.